The Morgan fingerprint density at radius 2 is 1.93 bits per heavy atom. The van der Waals surface area contributed by atoms with Crippen LogP contribution < -0.4 is 20.3 Å². The molecule has 3 rings (SSSR count). The van der Waals surface area contributed by atoms with Crippen LogP contribution in [0.1, 0.15) is 43.0 Å². The first kappa shape index (κ1) is 21.4. The van der Waals surface area contributed by atoms with Gasteiger partial charge < -0.3 is 20.3 Å². The summed E-state index contributed by atoms with van der Waals surface area (Å²) in [7, 11) is 0. The molecule has 0 bridgehead atoms. The van der Waals surface area contributed by atoms with E-state index in [1.807, 2.05) is 6.07 Å². The second-order valence-electron chi connectivity index (χ2n) is 7.16. The standard InChI is InChI=1S/C23H27N3O4/c1-2-3-14-30-20-11-9-17(10-12-20)23(29)24-16-21(27)25-18-6-4-7-19(15-18)26-13-5-8-22(26)28/h4,6-7,9-12,15H,2-3,5,8,13-14,16H2,1H3,(H,24,29)(H,25,27). The van der Waals surface area contributed by atoms with Crippen molar-refractivity contribution in [3.8, 4) is 5.75 Å². The minimum absolute atomic E-state index is 0.0903. The first-order valence-electron chi connectivity index (χ1n) is 10.3. The number of rotatable bonds is 9. The van der Waals surface area contributed by atoms with E-state index < -0.39 is 0 Å². The predicted molar refractivity (Wildman–Crippen MR) is 116 cm³/mol. The summed E-state index contributed by atoms with van der Waals surface area (Å²) >= 11 is 0. The molecule has 2 aromatic rings. The molecule has 1 heterocycles. The number of anilines is 2. The van der Waals surface area contributed by atoms with Crippen LogP contribution in [0.4, 0.5) is 11.4 Å². The zero-order chi connectivity index (χ0) is 21.3. The molecule has 7 nitrogen and oxygen atoms in total. The van der Waals surface area contributed by atoms with Crippen molar-refractivity contribution in [1.29, 1.82) is 0 Å². The van der Waals surface area contributed by atoms with Gasteiger partial charge in [-0.1, -0.05) is 19.4 Å². The third-order valence-electron chi connectivity index (χ3n) is 4.81. The summed E-state index contributed by atoms with van der Waals surface area (Å²) in [6.07, 6.45) is 3.43. The quantitative estimate of drug-likeness (QED) is 0.622. The Balaban J connectivity index is 1.48. The van der Waals surface area contributed by atoms with Crippen molar-refractivity contribution >= 4 is 29.1 Å². The SMILES string of the molecule is CCCCOc1ccc(C(=O)NCC(=O)Nc2cccc(N3CCCC3=O)c2)cc1. The predicted octanol–water partition coefficient (Wildman–Crippen LogP) is 3.36. The van der Waals surface area contributed by atoms with Crippen LogP contribution >= 0.6 is 0 Å². The number of amides is 3. The van der Waals surface area contributed by atoms with Crippen molar-refractivity contribution in [1.82, 2.24) is 5.32 Å². The second-order valence-corrected chi connectivity index (χ2v) is 7.16. The number of nitrogens with one attached hydrogen (secondary N) is 2. The van der Waals surface area contributed by atoms with E-state index in [1.54, 1.807) is 47.4 Å². The van der Waals surface area contributed by atoms with Crippen LogP contribution in [0.2, 0.25) is 0 Å². The van der Waals surface area contributed by atoms with E-state index in [2.05, 4.69) is 17.6 Å². The lowest BCUT2D eigenvalue weighted by Gasteiger charge is -2.16. The number of hydrogen-bond donors (Lipinski definition) is 2. The van der Waals surface area contributed by atoms with Crippen molar-refractivity contribution in [3.63, 3.8) is 0 Å². The molecule has 1 aliphatic heterocycles. The molecule has 0 aromatic heterocycles. The number of hydrogen-bond acceptors (Lipinski definition) is 4. The molecule has 1 fully saturated rings. The van der Waals surface area contributed by atoms with Gasteiger partial charge in [-0.25, -0.2) is 0 Å². The summed E-state index contributed by atoms with van der Waals surface area (Å²) < 4.78 is 5.58. The fraction of sp³-hybridized carbons (Fsp3) is 0.348. The average molecular weight is 409 g/mol. The van der Waals surface area contributed by atoms with Crippen molar-refractivity contribution < 1.29 is 19.1 Å². The van der Waals surface area contributed by atoms with Gasteiger partial charge in [0.15, 0.2) is 0 Å². The van der Waals surface area contributed by atoms with Crippen LogP contribution in [-0.2, 0) is 9.59 Å². The molecule has 3 amide bonds. The molecular formula is C23H27N3O4. The molecular weight excluding hydrogens is 382 g/mol. The van der Waals surface area contributed by atoms with E-state index in [9.17, 15) is 14.4 Å². The van der Waals surface area contributed by atoms with Crippen molar-refractivity contribution in [3.05, 3.63) is 54.1 Å². The number of benzene rings is 2. The monoisotopic (exact) mass is 409 g/mol. The van der Waals surface area contributed by atoms with Gasteiger partial charge >= 0.3 is 0 Å². The lowest BCUT2D eigenvalue weighted by atomic mass is 10.2. The van der Waals surface area contributed by atoms with Crippen LogP contribution in [0.5, 0.6) is 5.75 Å². The topological polar surface area (TPSA) is 87.7 Å². The lowest BCUT2D eigenvalue weighted by Crippen LogP contribution is -2.32. The van der Waals surface area contributed by atoms with Crippen LogP contribution in [0, 0.1) is 0 Å². The highest BCUT2D eigenvalue weighted by Crippen LogP contribution is 2.24. The molecule has 7 heteroatoms. The van der Waals surface area contributed by atoms with E-state index >= 15 is 0 Å². The normalized spacial score (nSPS) is 13.2. The Labute approximate surface area is 176 Å². The molecule has 1 saturated heterocycles. The van der Waals surface area contributed by atoms with Crippen molar-refractivity contribution in [2.45, 2.75) is 32.6 Å². The minimum atomic E-state index is -0.340. The number of nitrogens with zero attached hydrogens (tertiary/aromatic N) is 1. The van der Waals surface area contributed by atoms with E-state index in [0.717, 1.165) is 24.9 Å². The largest absolute Gasteiger partial charge is 0.494 e. The van der Waals surface area contributed by atoms with Crippen molar-refractivity contribution in [2.75, 3.05) is 29.9 Å². The van der Waals surface area contributed by atoms with Crippen LogP contribution in [0.25, 0.3) is 0 Å². The summed E-state index contributed by atoms with van der Waals surface area (Å²) in [6, 6.07) is 14.0. The molecule has 1 aliphatic rings. The minimum Gasteiger partial charge on any atom is -0.494 e. The van der Waals surface area contributed by atoms with Crippen LogP contribution in [0.3, 0.4) is 0 Å². The summed E-state index contributed by atoms with van der Waals surface area (Å²) in [4.78, 5) is 38.1. The van der Waals surface area contributed by atoms with Gasteiger partial charge in [0.1, 0.15) is 5.75 Å². The van der Waals surface area contributed by atoms with E-state index in [-0.39, 0.29) is 24.3 Å². The maximum Gasteiger partial charge on any atom is 0.251 e. The fourth-order valence-corrected chi connectivity index (χ4v) is 3.18. The number of ether oxygens (including phenoxy) is 1. The summed E-state index contributed by atoms with van der Waals surface area (Å²) in [5.74, 6) is 0.135. The first-order chi connectivity index (χ1) is 14.6. The van der Waals surface area contributed by atoms with Gasteiger partial charge in [0, 0.05) is 29.9 Å². The van der Waals surface area contributed by atoms with Gasteiger partial charge in [0.2, 0.25) is 11.8 Å². The third-order valence-corrected chi connectivity index (χ3v) is 4.81. The molecule has 2 aromatic carbocycles. The second kappa shape index (κ2) is 10.4. The van der Waals surface area contributed by atoms with Gasteiger partial charge in [0.25, 0.3) is 5.91 Å². The number of unbranched alkanes of at least 4 members (excludes halogenated alkanes) is 1. The molecule has 0 aliphatic carbocycles. The zero-order valence-electron chi connectivity index (χ0n) is 17.1. The summed E-state index contributed by atoms with van der Waals surface area (Å²) in [5, 5.41) is 5.36. The summed E-state index contributed by atoms with van der Waals surface area (Å²) in [5.41, 5.74) is 1.81. The highest BCUT2D eigenvalue weighted by Gasteiger charge is 2.21. The molecule has 0 radical (unpaired) electrons. The average Bonchev–Trinajstić information content (AvgIpc) is 3.19. The number of carbonyl (C=O) groups excluding carboxylic acids is 3. The lowest BCUT2D eigenvalue weighted by molar-refractivity contribution is -0.117. The molecule has 0 spiro atoms. The maximum absolute atomic E-state index is 12.3. The van der Waals surface area contributed by atoms with Gasteiger partial charge in [-0.2, -0.15) is 0 Å². The van der Waals surface area contributed by atoms with Gasteiger partial charge in [0.05, 0.1) is 13.2 Å². The highest BCUT2D eigenvalue weighted by molar-refractivity contribution is 6.00. The first-order valence-corrected chi connectivity index (χ1v) is 10.3. The third kappa shape index (κ3) is 5.83. The van der Waals surface area contributed by atoms with Gasteiger partial charge in [-0.3, -0.25) is 14.4 Å². The smallest absolute Gasteiger partial charge is 0.251 e. The molecule has 0 atom stereocenters. The highest BCUT2D eigenvalue weighted by atomic mass is 16.5. The fourth-order valence-electron chi connectivity index (χ4n) is 3.18. The van der Waals surface area contributed by atoms with Crippen molar-refractivity contribution in [2.24, 2.45) is 0 Å². The Morgan fingerprint density at radius 3 is 2.63 bits per heavy atom. The Bertz CT molecular complexity index is 896. The zero-order valence-corrected chi connectivity index (χ0v) is 17.1. The van der Waals surface area contributed by atoms with E-state index in [0.29, 0.717) is 36.6 Å². The van der Waals surface area contributed by atoms with E-state index in [1.165, 1.54) is 0 Å². The molecule has 2 N–H and O–H groups in total. The number of carbonyl (C=O) groups is 3. The van der Waals surface area contributed by atoms with E-state index in [4.69, 9.17) is 4.74 Å². The Kier molecular flexibility index (Phi) is 7.43. The molecule has 0 unspecified atom stereocenters. The van der Waals surface area contributed by atoms with Gasteiger partial charge in [-0.05, 0) is 55.3 Å². The molecule has 0 saturated carbocycles. The Hall–Kier alpha value is -3.35. The Morgan fingerprint density at radius 1 is 1.13 bits per heavy atom. The van der Waals surface area contributed by atoms with Crippen LogP contribution in [0.15, 0.2) is 48.5 Å². The summed E-state index contributed by atoms with van der Waals surface area (Å²) in [6.45, 7) is 3.28. The molecule has 158 valence electrons. The van der Waals surface area contributed by atoms with Gasteiger partial charge in [-0.15, -0.1) is 0 Å². The maximum atomic E-state index is 12.3. The van der Waals surface area contributed by atoms with Crippen LogP contribution in [-0.4, -0.2) is 37.4 Å². The molecule has 30 heavy (non-hydrogen) atoms.